The van der Waals surface area contributed by atoms with Crippen LogP contribution in [-0.4, -0.2) is 24.1 Å². The number of hydrogen-bond donors (Lipinski definition) is 1. The highest BCUT2D eigenvalue weighted by Crippen LogP contribution is 2.28. The number of nitrogens with one attached hydrogen (secondary N) is 1. The second-order valence-corrected chi connectivity index (χ2v) is 3.92. The third kappa shape index (κ3) is 3.70. The normalized spacial score (nSPS) is 10.0. The molecule has 0 aliphatic carbocycles. The molecule has 0 saturated heterocycles. The number of esters is 1. The molecule has 88 valence electrons. The molecule has 1 rings (SSSR count). The third-order valence-corrected chi connectivity index (χ3v) is 2.55. The van der Waals surface area contributed by atoms with Gasteiger partial charge in [-0.3, -0.25) is 4.79 Å². The van der Waals surface area contributed by atoms with Crippen LogP contribution in [0.1, 0.15) is 6.92 Å². The third-order valence-electron chi connectivity index (χ3n) is 1.59. The first-order chi connectivity index (χ1) is 7.54. The fourth-order valence-corrected chi connectivity index (χ4v) is 1.50. The van der Waals surface area contributed by atoms with E-state index < -0.39 is 5.97 Å². The van der Waals surface area contributed by atoms with Crippen LogP contribution in [0.4, 0.5) is 5.82 Å². The van der Waals surface area contributed by atoms with Gasteiger partial charge in [0.1, 0.15) is 17.5 Å². The lowest BCUT2D eigenvalue weighted by molar-refractivity contribution is -0.140. The van der Waals surface area contributed by atoms with Crippen molar-refractivity contribution in [3.8, 4) is 0 Å². The number of anilines is 1. The number of rotatable bonds is 4. The largest absolute Gasteiger partial charge is 0.465 e. The van der Waals surface area contributed by atoms with Gasteiger partial charge in [-0.15, -0.1) is 0 Å². The molecule has 0 aliphatic heterocycles. The Kier molecular flexibility index (Phi) is 5.12. The Morgan fingerprint density at radius 2 is 2.12 bits per heavy atom. The lowest BCUT2D eigenvalue weighted by Gasteiger charge is -2.07. The SMILES string of the molecule is CCOC(=O)CNc1nc(Cl)c(Cl)cc1Cl. The standard InChI is InChI=1S/C9H9Cl3N2O2/c1-2-16-7(15)4-13-9-6(11)3-5(10)8(12)14-9/h3H,2,4H2,1H3,(H,13,14). The average molecular weight is 284 g/mol. The van der Waals surface area contributed by atoms with Gasteiger partial charge in [0.25, 0.3) is 0 Å². The van der Waals surface area contributed by atoms with Crippen molar-refractivity contribution in [2.45, 2.75) is 6.92 Å². The molecule has 16 heavy (non-hydrogen) atoms. The van der Waals surface area contributed by atoms with Crippen LogP contribution in [0.3, 0.4) is 0 Å². The summed E-state index contributed by atoms with van der Waals surface area (Å²) in [5.74, 6) is -0.101. The van der Waals surface area contributed by atoms with Gasteiger partial charge >= 0.3 is 5.97 Å². The van der Waals surface area contributed by atoms with E-state index >= 15 is 0 Å². The second kappa shape index (κ2) is 6.13. The first kappa shape index (κ1) is 13.4. The quantitative estimate of drug-likeness (QED) is 0.682. The molecule has 0 atom stereocenters. The van der Waals surface area contributed by atoms with Crippen molar-refractivity contribution in [1.29, 1.82) is 0 Å². The molecule has 0 spiro atoms. The maximum absolute atomic E-state index is 11.1. The van der Waals surface area contributed by atoms with E-state index in [0.29, 0.717) is 17.4 Å². The highest BCUT2D eigenvalue weighted by Gasteiger charge is 2.09. The molecule has 0 aliphatic rings. The molecule has 7 heteroatoms. The Morgan fingerprint density at radius 3 is 2.75 bits per heavy atom. The summed E-state index contributed by atoms with van der Waals surface area (Å²) in [5.41, 5.74) is 0. The van der Waals surface area contributed by atoms with Gasteiger partial charge in [-0.05, 0) is 13.0 Å². The summed E-state index contributed by atoms with van der Waals surface area (Å²) in [7, 11) is 0. The van der Waals surface area contributed by atoms with Crippen molar-refractivity contribution in [1.82, 2.24) is 4.98 Å². The number of halogens is 3. The zero-order chi connectivity index (χ0) is 12.1. The van der Waals surface area contributed by atoms with Gasteiger partial charge in [-0.25, -0.2) is 4.98 Å². The van der Waals surface area contributed by atoms with Crippen LogP contribution < -0.4 is 5.32 Å². The molecular formula is C9H9Cl3N2O2. The van der Waals surface area contributed by atoms with Gasteiger partial charge in [0, 0.05) is 0 Å². The minimum Gasteiger partial charge on any atom is -0.465 e. The van der Waals surface area contributed by atoms with E-state index in [9.17, 15) is 4.79 Å². The van der Waals surface area contributed by atoms with Crippen molar-refractivity contribution in [3.63, 3.8) is 0 Å². The van der Waals surface area contributed by atoms with Crippen LogP contribution in [-0.2, 0) is 9.53 Å². The number of aromatic nitrogens is 1. The van der Waals surface area contributed by atoms with Crippen LogP contribution in [0.15, 0.2) is 6.07 Å². The van der Waals surface area contributed by atoms with Crippen molar-refractivity contribution >= 4 is 46.6 Å². The predicted molar refractivity (Wildman–Crippen MR) is 64.4 cm³/mol. The average Bonchev–Trinajstić information content (AvgIpc) is 2.22. The van der Waals surface area contributed by atoms with Crippen molar-refractivity contribution in [2.24, 2.45) is 0 Å². The lowest BCUT2D eigenvalue weighted by atomic mass is 10.4. The summed E-state index contributed by atoms with van der Waals surface area (Å²) in [4.78, 5) is 15.0. The molecule has 0 bridgehead atoms. The molecular weight excluding hydrogens is 274 g/mol. The van der Waals surface area contributed by atoms with E-state index in [0.717, 1.165) is 0 Å². The smallest absolute Gasteiger partial charge is 0.325 e. The van der Waals surface area contributed by atoms with Crippen LogP contribution >= 0.6 is 34.8 Å². The number of ether oxygens (including phenoxy) is 1. The van der Waals surface area contributed by atoms with E-state index in [-0.39, 0.29) is 16.7 Å². The minimum atomic E-state index is -0.397. The van der Waals surface area contributed by atoms with Gasteiger partial charge in [0.2, 0.25) is 0 Å². The molecule has 4 nitrogen and oxygen atoms in total. The molecule has 0 saturated carbocycles. The van der Waals surface area contributed by atoms with Gasteiger partial charge in [-0.2, -0.15) is 0 Å². The Hall–Kier alpha value is -0.710. The van der Waals surface area contributed by atoms with Gasteiger partial charge in [-0.1, -0.05) is 34.8 Å². The summed E-state index contributed by atoms with van der Waals surface area (Å²) in [6.07, 6.45) is 0. The lowest BCUT2D eigenvalue weighted by Crippen LogP contribution is -2.17. The Bertz CT molecular complexity index is 399. The molecule has 0 radical (unpaired) electrons. The van der Waals surface area contributed by atoms with Crippen molar-refractivity contribution < 1.29 is 9.53 Å². The summed E-state index contributed by atoms with van der Waals surface area (Å²) in [6, 6.07) is 1.45. The monoisotopic (exact) mass is 282 g/mol. The fourth-order valence-electron chi connectivity index (χ4n) is 0.936. The van der Waals surface area contributed by atoms with E-state index in [1.165, 1.54) is 6.07 Å². The summed E-state index contributed by atoms with van der Waals surface area (Å²) in [6.45, 7) is 2.02. The molecule has 1 heterocycles. The summed E-state index contributed by atoms with van der Waals surface area (Å²) < 4.78 is 4.73. The van der Waals surface area contributed by atoms with Crippen molar-refractivity contribution in [3.05, 3.63) is 21.3 Å². The number of hydrogen-bond acceptors (Lipinski definition) is 4. The Morgan fingerprint density at radius 1 is 1.44 bits per heavy atom. The van der Waals surface area contributed by atoms with E-state index in [4.69, 9.17) is 39.5 Å². The molecule has 1 N–H and O–H groups in total. The zero-order valence-corrected chi connectivity index (χ0v) is 10.7. The zero-order valence-electron chi connectivity index (χ0n) is 8.39. The number of carbonyl (C=O) groups excluding carboxylic acids is 1. The van der Waals surface area contributed by atoms with E-state index in [1.54, 1.807) is 6.92 Å². The first-order valence-electron chi connectivity index (χ1n) is 4.45. The van der Waals surface area contributed by atoms with Crippen molar-refractivity contribution in [2.75, 3.05) is 18.5 Å². The maximum Gasteiger partial charge on any atom is 0.325 e. The van der Waals surface area contributed by atoms with Crippen LogP contribution in [0, 0.1) is 0 Å². The van der Waals surface area contributed by atoms with E-state index in [2.05, 4.69) is 10.3 Å². The molecule has 1 aromatic rings. The van der Waals surface area contributed by atoms with Crippen LogP contribution in [0.2, 0.25) is 15.2 Å². The molecule has 0 fully saturated rings. The van der Waals surface area contributed by atoms with Gasteiger partial charge < -0.3 is 10.1 Å². The molecule has 0 aromatic carbocycles. The summed E-state index contributed by atoms with van der Waals surface area (Å²) in [5, 5.41) is 3.38. The second-order valence-electron chi connectivity index (χ2n) is 2.75. The predicted octanol–water partition coefficient (Wildman–Crippen LogP) is 3.02. The highest BCUT2D eigenvalue weighted by atomic mass is 35.5. The first-order valence-corrected chi connectivity index (χ1v) is 5.59. The number of carbonyl (C=O) groups is 1. The molecule has 0 unspecified atom stereocenters. The molecule has 1 aromatic heterocycles. The van der Waals surface area contributed by atoms with Gasteiger partial charge in [0.15, 0.2) is 0 Å². The Labute approximate surface area is 108 Å². The Balaban J connectivity index is 2.67. The van der Waals surface area contributed by atoms with Gasteiger partial charge in [0.05, 0.1) is 16.7 Å². The number of pyridine rings is 1. The van der Waals surface area contributed by atoms with Crippen LogP contribution in [0.25, 0.3) is 0 Å². The summed E-state index contributed by atoms with van der Waals surface area (Å²) >= 11 is 17.2. The van der Waals surface area contributed by atoms with E-state index in [1.807, 2.05) is 0 Å². The topological polar surface area (TPSA) is 51.2 Å². The molecule has 0 amide bonds. The van der Waals surface area contributed by atoms with Crippen LogP contribution in [0.5, 0.6) is 0 Å². The minimum absolute atomic E-state index is 0.0292. The maximum atomic E-state index is 11.1. The number of nitrogens with zero attached hydrogens (tertiary/aromatic N) is 1. The highest BCUT2D eigenvalue weighted by molar-refractivity contribution is 6.42. The fraction of sp³-hybridized carbons (Fsp3) is 0.333.